The van der Waals surface area contributed by atoms with Crippen molar-refractivity contribution in [1.82, 2.24) is 10.3 Å². The Morgan fingerprint density at radius 3 is 2.42 bits per heavy atom. The van der Waals surface area contributed by atoms with Crippen molar-refractivity contribution < 1.29 is 14.3 Å². The Balaban J connectivity index is 1.70. The molecule has 1 fully saturated rings. The fourth-order valence-corrected chi connectivity index (χ4v) is 3.19. The van der Waals surface area contributed by atoms with Crippen LogP contribution in [0.4, 0.5) is 5.82 Å². The molecule has 0 bridgehead atoms. The van der Waals surface area contributed by atoms with Gasteiger partial charge < -0.3 is 19.7 Å². The number of hydrogen-bond donors (Lipinski definition) is 1. The smallest absolute Gasteiger partial charge is 0.251 e. The molecule has 1 N–H and O–H groups in total. The lowest BCUT2D eigenvalue weighted by molar-refractivity contribution is 0.0950. The molecule has 0 atom stereocenters. The maximum atomic E-state index is 12.6. The normalized spacial score (nSPS) is 13.6. The van der Waals surface area contributed by atoms with Crippen LogP contribution in [0, 0.1) is 6.92 Å². The number of amides is 1. The predicted molar refractivity (Wildman–Crippen MR) is 101 cm³/mol. The number of methoxy groups -OCH3 is 2. The van der Waals surface area contributed by atoms with Crippen molar-refractivity contribution >= 4 is 11.7 Å². The van der Waals surface area contributed by atoms with Crippen molar-refractivity contribution in [1.29, 1.82) is 0 Å². The summed E-state index contributed by atoms with van der Waals surface area (Å²) in [6.45, 7) is 4.44. The maximum Gasteiger partial charge on any atom is 0.251 e. The van der Waals surface area contributed by atoms with E-state index < -0.39 is 0 Å². The topological polar surface area (TPSA) is 63.7 Å². The van der Waals surface area contributed by atoms with Crippen LogP contribution in [0.2, 0.25) is 0 Å². The first-order valence-corrected chi connectivity index (χ1v) is 8.83. The van der Waals surface area contributed by atoms with Crippen molar-refractivity contribution in [2.75, 3.05) is 32.2 Å². The summed E-state index contributed by atoms with van der Waals surface area (Å²) in [7, 11) is 3.17. The van der Waals surface area contributed by atoms with Crippen LogP contribution < -0.4 is 19.7 Å². The molecule has 1 aromatic carbocycles. The van der Waals surface area contributed by atoms with Crippen molar-refractivity contribution in [2.24, 2.45) is 0 Å². The summed E-state index contributed by atoms with van der Waals surface area (Å²) in [6, 6.07) is 7.43. The third kappa shape index (κ3) is 3.90. The van der Waals surface area contributed by atoms with E-state index in [0.717, 1.165) is 30.0 Å². The van der Waals surface area contributed by atoms with Crippen LogP contribution in [0.3, 0.4) is 0 Å². The number of carbonyl (C=O) groups is 1. The molecule has 2 aromatic rings. The second-order valence-corrected chi connectivity index (χ2v) is 6.40. The lowest BCUT2D eigenvalue weighted by atomic mass is 10.1. The van der Waals surface area contributed by atoms with E-state index in [0.29, 0.717) is 23.6 Å². The Labute approximate surface area is 154 Å². The van der Waals surface area contributed by atoms with Gasteiger partial charge >= 0.3 is 0 Å². The van der Waals surface area contributed by atoms with Crippen LogP contribution in [0.5, 0.6) is 11.5 Å². The Bertz CT molecular complexity index is 761. The molecule has 0 unspecified atom stereocenters. The second kappa shape index (κ2) is 8.08. The third-order valence-electron chi connectivity index (χ3n) is 4.71. The summed E-state index contributed by atoms with van der Waals surface area (Å²) in [6.07, 6.45) is 4.21. The van der Waals surface area contributed by atoms with Crippen LogP contribution in [0.25, 0.3) is 0 Å². The molecule has 0 spiro atoms. The second-order valence-electron chi connectivity index (χ2n) is 6.40. The van der Waals surface area contributed by atoms with Gasteiger partial charge in [-0.3, -0.25) is 4.79 Å². The lowest BCUT2D eigenvalue weighted by Gasteiger charge is -2.17. The van der Waals surface area contributed by atoms with Gasteiger partial charge in [-0.1, -0.05) is 0 Å². The monoisotopic (exact) mass is 355 g/mol. The van der Waals surface area contributed by atoms with Gasteiger partial charge in [-0.2, -0.15) is 0 Å². The summed E-state index contributed by atoms with van der Waals surface area (Å²) >= 11 is 0. The van der Waals surface area contributed by atoms with Gasteiger partial charge in [-0.15, -0.1) is 0 Å². The van der Waals surface area contributed by atoms with Crippen molar-refractivity contribution in [2.45, 2.75) is 26.3 Å². The molecule has 3 rings (SSSR count). The number of anilines is 1. The molecule has 0 aliphatic carbocycles. The van der Waals surface area contributed by atoms with E-state index in [9.17, 15) is 4.79 Å². The van der Waals surface area contributed by atoms with Gasteiger partial charge in [-0.05, 0) is 49.6 Å². The maximum absolute atomic E-state index is 12.6. The highest BCUT2D eigenvalue weighted by atomic mass is 16.5. The number of aromatic nitrogens is 1. The van der Waals surface area contributed by atoms with E-state index in [4.69, 9.17) is 9.47 Å². The lowest BCUT2D eigenvalue weighted by Crippen LogP contribution is -2.24. The molecule has 1 amide bonds. The highest BCUT2D eigenvalue weighted by Gasteiger charge is 2.15. The van der Waals surface area contributed by atoms with E-state index >= 15 is 0 Å². The first-order chi connectivity index (χ1) is 12.6. The molecule has 26 heavy (non-hydrogen) atoms. The van der Waals surface area contributed by atoms with Gasteiger partial charge in [0.2, 0.25) is 0 Å². The Morgan fingerprint density at radius 1 is 1.15 bits per heavy atom. The minimum atomic E-state index is -0.166. The number of rotatable bonds is 6. The largest absolute Gasteiger partial charge is 0.496 e. The number of carbonyl (C=O) groups excluding carboxylic acids is 1. The number of ether oxygens (including phenoxy) is 2. The first-order valence-electron chi connectivity index (χ1n) is 8.83. The highest BCUT2D eigenvalue weighted by molar-refractivity contribution is 5.95. The zero-order chi connectivity index (χ0) is 18.5. The number of pyridine rings is 1. The first kappa shape index (κ1) is 18.0. The predicted octanol–water partition coefficient (Wildman–Crippen LogP) is 2.94. The van der Waals surface area contributed by atoms with Crippen LogP contribution in [0.1, 0.15) is 34.3 Å². The molecule has 1 aromatic heterocycles. The molecular weight excluding hydrogens is 330 g/mol. The fraction of sp³-hybridized carbons (Fsp3) is 0.400. The average molecular weight is 355 g/mol. The zero-order valence-corrected chi connectivity index (χ0v) is 15.5. The third-order valence-corrected chi connectivity index (χ3v) is 4.71. The summed E-state index contributed by atoms with van der Waals surface area (Å²) in [5.74, 6) is 2.08. The standard InChI is InChI=1S/C20H25N3O3/c1-14-17(25-2)11-16(12-18(14)26-3)20(24)22-13-15-6-7-21-19(10-15)23-8-4-5-9-23/h6-7,10-12H,4-5,8-9,13H2,1-3H3,(H,22,24). The number of benzene rings is 1. The number of hydrogen-bond acceptors (Lipinski definition) is 5. The van der Waals surface area contributed by atoms with Crippen molar-refractivity contribution in [3.63, 3.8) is 0 Å². The minimum absolute atomic E-state index is 0.166. The van der Waals surface area contributed by atoms with E-state index in [2.05, 4.69) is 15.2 Å². The van der Waals surface area contributed by atoms with Gasteiger partial charge in [0.1, 0.15) is 17.3 Å². The minimum Gasteiger partial charge on any atom is -0.496 e. The Morgan fingerprint density at radius 2 is 1.81 bits per heavy atom. The molecule has 6 nitrogen and oxygen atoms in total. The van der Waals surface area contributed by atoms with E-state index in [1.807, 2.05) is 19.1 Å². The Hall–Kier alpha value is -2.76. The van der Waals surface area contributed by atoms with E-state index in [1.165, 1.54) is 12.8 Å². The van der Waals surface area contributed by atoms with Gasteiger partial charge in [0.05, 0.1) is 14.2 Å². The molecule has 6 heteroatoms. The highest BCUT2D eigenvalue weighted by Crippen LogP contribution is 2.29. The van der Waals surface area contributed by atoms with Crippen molar-refractivity contribution in [3.05, 3.63) is 47.2 Å². The molecule has 0 saturated carbocycles. The summed E-state index contributed by atoms with van der Waals surface area (Å²) < 4.78 is 10.7. The molecule has 1 aliphatic rings. The van der Waals surface area contributed by atoms with Crippen LogP contribution in [0.15, 0.2) is 30.5 Å². The van der Waals surface area contributed by atoms with Crippen LogP contribution in [-0.2, 0) is 6.54 Å². The molecule has 0 radical (unpaired) electrons. The van der Waals surface area contributed by atoms with Crippen molar-refractivity contribution in [3.8, 4) is 11.5 Å². The van der Waals surface area contributed by atoms with Gasteiger partial charge in [0.15, 0.2) is 0 Å². The van der Waals surface area contributed by atoms with E-state index in [-0.39, 0.29) is 5.91 Å². The average Bonchev–Trinajstić information content (AvgIpc) is 3.21. The fourth-order valence-electron chi connectivity index (χ4n) is 3.19. The molecule has 2 heterocycles. The molecule has 1 aliphatic heterocycles. The van der Waals surface area contributed by atoms with Gasteiger partial charge in [-0.25, -0.2) is 4.98 Å². The Kier molecular flexibility index (Phi) is 5.61. The molecule has 1 saturated heterocycles. The van der Waals surface area contributed by atoms with Crippen LogP contribution in [-0.4, -0.2) is 38.2 Å². The van der Waals surface area contributed by atoms with Crippen LogP contribution >= 0.6 is 0 Å². The summed E-state index contributed by atoms with van der Waals surface area (Å²) in [5.41, 5.74) is 2.41. The molecular formula is C20H25N3O3. The quantitative estimate of drug-likeness (QED) is 0.863. The van der Waals surface area contributed by atoms with Gasteiger partial charge in [0.25, 0.3) is 5.91 Å². The zero-order valence-electron chi connectivity index (χ0n) is 15.5. The summed E-state index contributed by atoms with van der Waals surface area (Å²) in [5, 5.41) is 2.96. The van der Waals surface area contributed by atoms with E-state index in [1.54, 1.807) is 32.5 Å². The number of nitrogens with one attached hydrogen (secondary N) is 1. The molecule has 138 valence electrons. The number of nitrogens with zero attached hydrogens (tertiary/aromatic N) is 2. The summed E-state index contributed by atoms with van der Waals surface area (Å²) in [4.78, 5) is 19.3. The van der Waals surface area contributed by atoms with Gasteiger partial charge in [0, 0.05) is 37.0 Å². The SMILES string of the molecule is COc1cc(C(=O)NCc2ccnc(N3CCCC3)c2)cc(OC)c1C.